The summed E-state index contributed by atoms with van der Waals surface area (Å²) in [5.41, 5.74) is 1.54. The van der Waals surface area contributed by atoms with Gasteiger partial charge in [0.1, 0.15) is 0 Å². The number of amides is 2. The maximum absolute atomic E-state index is 13.2. The summed E-state index contributed by atoms with van der Waals surface area (Å²) in [6, 6.07) is 14.6. The van der Waals surface area contributed by atoms with Crippen molar-refractivity contribution in [3.8, 4) is 0 Å². The summed E-state index contributed by atoms with van der Waals surface area (Å²) in [5.74, 6) is 0.592. The zero-order chi connectivity index (χ0) is 26.3. The van der Waals surface area contributed by atoms with Crippen molar-refractivity contribution in [3.63, 3.8) is 0 Å². The van der Waals surface area contributed by atoms with Crippen molar-refractivity contribution in [2.24, 2.45) is 14.1 Å². The van der Waals surface area contributed by atoms with E-state index in [-0.39, 0.29) is 6.03 Å². The number of aromatic nitrogens is 4. The highest BCUT2D eigenvalue weighted by molar-refractivity contribution is 9.10. The normalized spacial score (nSPS) is 13.8. The summed E-state index contributed by atoms with van der Waals surface area (Å²) in [6.45, 7) is 2.39. The number of piperazine rings is 1. The number of carbonyl (C=O) groups is 1. The van der Waals surface area contributed by atoms with Crippen LogP contribution in [-0.4, -0.2) is 55.8 Å². The lowest BCUT2D eigenvalue weighted by Gasteiger charge is -2.35. The van der Waals surface area contributed by atoms with Gasteiger partial charge in [0.15, 0.2) is 11.2 Å². The molecule has 1 aliphatic heterocycles. The minimum Gasteiger partial charge on any atom is -0.339 e. The average molecular weight is 587 g/mol. The summed E-state index contributed by atoms with van der Waals surface area (Å²) in [5, 5.41) is 3.50. The molecule has 0 aliphatic carbocycles. The molecule has 0 unspecified atom stereocenters. The summed E-state index contributed by atoms with van der Waals surface area (Å²) >= 11 is 9.39. The van der Waals surface area contributed by atoms with E-state index in [1.54, 1.807) is 36.2 Å². The Hall–Kier alpha value is -3.57. The maximum atomic E-state index is 13.2. The molecule has 0 bridgehead atoms. The van der Waals surface area contributed by atoms with Crippen LogP contribution in [0.5, 0.6) is 0 Å². The number of fused-ring (bicyclic) bond motifs is 1. The number of hydrogen-bond acceptors (Lipinski definition) is 5. The third kappa shape index (κ3) is 4.88. The van der Waals surface area contributed by atoms with Gasteiger partial charge in [0.05, 0.1) is 6.54 Å². The van der Waals surface area contributed by atoms with E-state index in [0.29, 0.717) is 60.5 Å². The first-order valence-electron chi connectivity index (χ1n) is 11.7. The number of hydrogen-bond donors (Lipinski definition) is 1. The van der Waals surface area contributed by atoms with Crippen molar-refractivity contribution in [2.45, 2.75) is 6.54 Å². The fourth-order valence-corrected chi connectivity index (χ4v) is 4.83. The number of benzene rings is 2. The largest absolute Gasteiger partial charge is 0.339 e. The highest BCUT2D eigenvalue weighted by atomic mass is 79.9. The number of anilines is 2. The summed E-state index contributed by atoms with van der Waals surface area (Å²) in [4.78, 5) is 47.1. The van der Waals surface area contributed by atoms with Crippen LogP contribution >= 0.6 is 27.5 Å². The Kier molecular flexibility index (Phi) is 6.82. The Labute approximate surface area is 225 Å². The predicted molar refractivity (Wildman–Crippen MR) is 148 cm³/mol. The van der Waals surface area contributed by atoms with Gasteiger partial charge in [0, 0.05) is 55.5 Å². The van der Waals surface area contributed by atoms with Gasteiger partial charge in [0.2, 0.25) is 5.95 Å². The van der Waals surface area contributed by atoms with Crippen LogP contribution in [0.25, 0.3) is 11.2 Å². The van der Waals surface area contributed by atoms with Gasteiger partial charge in [-0.15, -0.1) is 0 Å². The maximum Gasteiger partial charge on any atom is 0.332 e. The quantitative estimate of drug-likeness (QED) is 0.396. The predicted octanol–water partition coefficient (Wildman–Crippen LogP) is 3.25. The van der Waals surface area contributed by atoms with Crippen molar-refractivity contribution in [1.29, 1.82) is 0 Å². The fraction of sp³-hybridized carbons (Fsp3) is 0.280. The van der Waals surface area contributed by atoms with Gasteiger partial charge in [-0.05, 0) is 42.0 Å². The zero-order valence-corrected chi connectivity index (χ0v) is 22.7. The summed E-state index contributed by atoms with van der Waals surface area (Å²) in [6.07, 6.45) is 0. The molecule has 4 aromatic rings. The number of rotatable bonds is 4. The Bertz CT molecular complexity index is 1580. The van der Waals surface area contributed by atoms with Crippen LogP contribution in [0.1, 0.15) is 5.56 Å². The van der Waals surface area contributed by atoms with Crippen molar-refractivity contribution in [2.75, 3.05) is 36.4 Å². The first-order chi connectivity index (χ1) is 17.7. The second-order valence-electron chi connectivity index (χ2n) is 8.91. The van der Waals surface area contributed by atoms with Crippen LogP contribution in [0.15, 0.2) is 62.6 Å². The van der Waals surface area contributed by atoms with E-state index in [9.17, 15) is 14.4 Å². The van der Waals surface area contributed by atoms with E-state index >= 15 is 0 Å². The molecular weight excluding hydrogens is 562 g/mol. The van der Waals surface area contributed by atoms with E-state index in [4.69, 9.17) is 16.6 Å². The molecule has 1 aliphatic rings. The topological polar surface area (TPSA) is 97.4 Å². The monoisotopic (exact) mass is 585 g/mol. The second-order valence-corrected chi connectivity index (χ2v) is 10.3. The van der Waals surface area contributed by atoms with Crippen molar-refractivity contribution in [1.82, 2.24) is 23.6 Å². The highest BCUT2D eigenvalue weighted by Gasteiger charge is 2.27. The van der Waals surface area contributed by atoms with E-state index in [1.807, 2.05) is 28.8 Å². The lowest BCUT2D eigenvalue weighted by molar-refractivity contribution is 0.208. The Balaban J connectivity index is 1.44. The Morgan fingerprint density at radius 1 is 0.973 bits per heavy atom. The van der Waals surface area contributed by atoms with Crippen LogP contribution < -0.4 is 21.5 Å². The molecule has 10 nitrogen and oxygen atoms in total. The lowest BCUT2D eigenvalue weighted by atomic mass is 10.2. The number of halogens is 2. The van der Waals surface area contributed by atoms with Crippen LogP contribution in [-0.2, 0) is 20.6 Å². The standard InChI is InChI=1S/C25H25BrClN7O3/c1-30-21-20(22(35)31(2)25(30)37)34(15-16-3-5-17(26)6-4-16)23(29-21)32-11-13-33(14-12-32)24(36)28-19-9-7-18(27)8-10-19/h3-10H,11-15H2,1-2H3,(H,28,36). The molecule has 12 heteroatoms. The molecule has 0 spiro atoms. The fourth-order valence-electron chi connectivity index (χ4n) is 4.44. The Morgan fingerprint density at radius 3 is 2.27 bits per heavy atom. The number of imidazole rings is 1. The molecule has 2 aromatic carbocycles. The second kappa shape index (κ2) is 10.1. The SMILES string of the molecule is Cn1c(=O)c2c(nc(N3CCN(C(=O)Nc4ccc(Cl)cc4)CC3)n2Cc2ccc(Br)cc2)n(C)c1=O. The van der Waals surface area contributed by atoms with Gasteiger partial charge >= 0.3 is 11.7 Å². The average Bonchev–Trinajstić information content (AvgIpc) is 3.28. The molecule has 5 rings (SSSR count). The minimum atomic E-state index is -0.430. The molecule has 0 saturated carbocycles. The lowest BCUT2D eigenvalue weighted by Crippen LogP contribution is -2.50. The van der Waals surface area contributed by atoms with Crippen LogP contribution in [0, 0.1) is 0 Å². The molecule has 1 saturated heterocycles. The molecule has 0 atom stereocenters. The first-order valence-corrected chi connectivity index (χ1v) is 12.9. The number of nitrogens with zero attached hydrogens (tertiary/aromatic N) is 6. The zero-order valence-electron chi connectivity index (χ0n) is 20.3. The van der Waals surface area contributed by atoms with Crippen LogP contribution in [0.2, 0.25) is 5.02 Å². The molecule has 1 N–H and O–H groups in total. The number of carbonyl (C=O) groups excluding carboxylic acids is 1. The minimum absolute atomic E-state index is 0.193. The molecule has 2 aromatic heterocycles. The van der Waals surface area contributed by atoms with Gasteiger partial charge < -0.3 is 15.1 Å². The van der Waals surface area contributed by atoms with Crippen molar-refractivity contribution < 1.29 is 4.79 Å². The number of urea groups is 1. The van der Waals surface area contributed by atoms with Crippen LogP contribution in [0.4, 0.5) is 16.4 Å². The third-order valence-corrected chi connectivity index (χ3v) is 7.31. The van der Waals surface area contributed by atoms with E-state index in [2.05, 4.69) is 26.1 Å². The first kappa shape index (κ1) is 25.1. The Morgan fingerprint density at radius 2 is 1.62 bits per heavy atom. The van der Waals surface area contributed by atoms with Gasteiger partial charge in [-0.1, -0.05) is 39.7 Å². The molecule has 0 radical (unpaired) electrons. The van der Waals surface area contributed by atoms with Gasteiger partial charge in [-0.25, -0.2) is 9.59 Å². The third-order valence-electron chi connectivity index (χ3n) is 6.53. The van der Waals surface area contributed by atoms with E-state index in [0.717, 1.165) is 14.6 Å². The van der Waals surface area contributed by atoms with E-state index in [1.165, 1.54) is 11.6 Å². The summed E-state index contributed by atoms with van der Waals surface area (Å²) < 4.78 is 5.32. The summed E-state index contributed by atoms with van der Waals surface area (Å²) in [7, 11) is 3.09. The molecule has 192 valence electrons. The smallest absolute Gasteiger partial charge is 0.332 e. The molecule has 2 amide bonds. The van der Waals surface area contributed by atoms with Crippen molar-refractivity contribution >= 4 is 56.4 Å². The van der Waals surface area contributed by atoms with Gasteiger partial charge in [-0.2, -0.15) is 4.98 Å². The number of nitrogens with one attached hydrogen (secondary N) is 1. The molecule has 37 heavy (non-hydrogen) atoms. The highest BCUT2D eigenvalue weighted by Crippen LogP contribution is 2.24. The van der Waals surface area contributed by atoms with E-state index < -0.39 is 11.2 Å². The molecule has 1 fully saturated rings. The number of aryl methyl sites for hydroxylation is 1. The van der Waals surface area contributed by atoms with Gasteiger partial charge in [0.25, 0.3) is 5.56 Å². The van der Waals surface area contributed by atoms with Crippen LogP contribution in [0.3, 0.4) is 0 Å². The van der Waals surface area contributed by atoms with Gasteiger partial charge in [-0.3, -0.25) is 18.5 Å². The van der Waals surface area contributed by atoms with Crippen molar-refractivity contribution in [3.05, 3.63) is 84.4 Å². The molecular formula is C25H25BrClN7O3. The molecule has 3 heterocycles.